The van der Waals surface area contributed by atoms with Crippen LogP contribution in [0.4, 0.5) is 0 Å². The van der Waals surface area contributed by atoms with Gasteiger partial charge in [0.15, 0.2) is 0 Å². The van der Waals surface area contributed by atoms with Gasteiger partial charge in [-0.2, -0.15) is 0 Å². The molecular weight excluding hydrogens is 195 g/mol. The van der Waals surface area contributed by atoms with Gasteiger partial charge in [-0.05, 0) is 0 Å². The Morgan fingerprint density at radius 2 is 1.12 bits per heavy atom. The van der Waals surface area contributed by atoms with Gasteiger partial charge < -0.3 is 5.11 Å². The molecule has 16 heavy (non-hydrogen) atoms. The van der Waals surface area contributed by atoms with Gasteiger partial charge in [-0.25, -0.2) is 0 Å². The van der Waals surface area contributed by atoms with Crippen LogP contribution in [0, 0.1) is 0 Å². The Hall–Kier alpha value is 0.0249. The van der Waals surface area contributed by atoms with Gasteiger partial charge in [-0.1, -0.05) is 6.92 Å². The van der Waals surface area contributed by atoms with Crippen molar-refractivity contribution >= 4 is 7.28 Å². The van der Waals surface area contributed by atoms with Crippen molar-refractivity contribution < 1.29 is 5.11 Å². The number of rotatable bonds is 2. The molecule has 0 amide bonds. The Bertz CT molecular complexity index is 133. The van der Waals surface area contributed by atoms with Gasteiger partial charge in [-0.3, -0.25) is 0 Å². The summed E-state index contributed by atoms with van der Waals surface area (Å²) in [6.07, 6.45) is 15.0. The number of hydrogen-bond donors (Lipinski definition) is 0. The summed E-state index contributed by atoms with van der Waals surface area (Å²) in [5.74, 6) is 1.99. The fraction of sp³-hybridized carbons (Fsp3) is 1.00. The molecule has 0 aromatic heterocycles. The van der Waals surface area contributed by atoms with Crippen molar-refractivity contribution in [3.05, 3.63) is 0 Å². The Balaban J connectivity index is 0.000000386. The minimum absolute atomic E-state index is 0. The summed E-state index contributed by atoms with van der Waals surface area (Å²) in [4.78, 5) is 0. The molecule has 0 aromatic rings. The van der Waals surface area contributed by atoms with Crippen LogP contribution in [0.15, 0.2) is 0 Å². The molecule has 2 heteroatoms. The summed E-state index contributed by atoms with van der Waals surface area (Å²) in [6, 6.07) is 0. The first-order chi connectivity index (χ1) is 7.86. The van der Waals surface area contributed by atoms with Crippen molar-refractivity contribution in [3.8, 4) is 0 Å². The molecule has 0 bridgehead atoms. The van der Waals surface area contributed by atoms with Crippen LogP contribution in [0.5, 0.6) is 0 Å². The molecule has 0 aliphatic heterocycles. The first-order valence-corrected chi connectivity index (χ1v) is 7.30. The number of hydrogen-bond acceptors (Lipinski definition) is 1. The molecule has 0 spiro atoms. The van der Waals surface area contributed by atoms with Crippen molar-refractivity contribution in [1.82, 2.24) is 0 Å². The molecule has 0 radical (unpaired) electrons. The van der Waals surface area contributed by atoms with E-state index in [0.29, 0.717) is 0 Å². The fourth-order valence-corrected chi connectivity index (χ4v) is 3.04. The molecule has 0 unspecified atom stereocenters. The van der Waals surface area contributed by atoms with E-state index < -0.39 is 0 Å². The van der Waals surface area contributed by atoms with Crippen molar-refractivity contribution in [3.63, 3.8) is 0 Å². The third-order valence-corrected chi connectivity index (χ3v) is 3.84. The molecule has 2 fully saturated rings. The second kappa shape index (κ2) is 9.10. The van der Waals surface area contributed by atoms with Crippen LogP contribution in [0.1, 0.15) is 71.1 Å². The van der Waals surface area contributed by atoms with Gasteiger partial charge in [0.1, 0.15) is 0 Å². The van der Waals surface area contributed by atoms with E-state index in [2.05, 4.69) is 7.28 Å². The van der Waals surface area contributed by atoms with Crippen LogP contribution in [0.25, 0.3) is 0 Å². The molecule has 2 aliphatic carbocycles. The molecule has 1 nitrogen and oxygen atoms in total. The SMILES string of the molecule is CC[O-].[B+](C1CCCCC1)C1CCCCC1. The van der Waals surface area contributed by atoms with Crippen LogP contribution >= 0.6 is 0 Å². The van der Waals surface area contributed by atoms with Gasteiger partial charge in [-0.15, -0.1) is 6.61 Å². The van der Waals surface area contributed by atoms with Gasteiger partial charge in [0.2, 0.25) is 0 Å². The standard InChI is InChI=1S/C12H22B.C2H5O/c1-3-7-11(8-4-1)13-12-9-5-2-6-10-12;1-2-3/h11-12H,1-10H2;2H2,1H3/q+1;-1. The zero-order chi connectivity index (χ0) is 11.6. The van der Waals surface area contributed by atoms with Crippen LogP contribution in [0.2, 0.25) is 11.6 Å². The maximum absolute atomic E-state index is 8.93. The third-order valence-electron chi connectivity index (χ3n) is 3.84. The summed E-state index contributed by atoms with van der Waals surface area (Å²) in [6.45, 7) is 1.57. The predicted molar refractivity (Wildman–Crippen MR) is 70.0 cm³/mol. The monoisotopic (exact) mass is 222 g/mol. The summed E-state index contributed by atoms with van der Waals surface area (Å²) >= 11 is 0. The molecule has 2 saturated carbocycles. The first kappa shape index (κ1) is 14.1. The van der Waals surface area contributed by atoms with Crippen molar-refractivity contribution in [2.45, 2.75) is 82.8 Å². The average molecular weight is 222 g/mol. The summed E-state index contributed by atoms with van der Waals surface area (Å²) in [5.41, 5.74) is 0. The van der Waals surface area contributed by atoms with Crippen LogP contribution in [-0.2, 0) is 0 Å². The van der Waals surface area contributed by atoms with E-state index in [9.17, 15) is 0 Å². The Morgan fingerprint density at radius 1 is 0.812 bits per heavy atom. The zero-order valence-corrected chi connectivity index (χ0v) is 10.9. The Morgan fingerprint density at radius 3 is 1.44 bits per heavy atom. The van der Waals surface area contributed by atoms with Crippen LogP contribution in [0.3, 0.4) is 0 Å². The Labute approximate surface area is 102 Å². The van der Waals surface area contributed by atoms with E-state index in [1.54, 1.807) is 6.92 Å². The molecular formula is C14H27BO. The summed E-state index contributed by atoms with van der Waals surface area (Å²) in [5, 5.41) is 8.93. The predicted octanol–water partition coefficient (Wildman–Crippen LogP) is 3.56. The average Bonchev–Trinajstić information content (AvgIpc) is 2.33. The topological polar surface area (TPSA) is 23.1 Å². The van der Waals surface area contributed by atoms with E-state index in [1.165, 1.54) is 64.2 Å². The van der Waals surface area contributed by atoms with Crippen LogP contribution < -0.4 is 5.11 Å². The molecule has 0 heterocycles. The van der Waals surface area contributed by atoms with Crippen LogP contribution in [-0.4, -0.2) is 13.9 Å². The van der Waals surface area contributed by atoms with Crippen molar-refractivity contribution in [2.24, 2.45) is 0 Å². The molecule has 92 valence electrons. The quantitative estimate of drug-likeness (QED) is 0.655. The molecule has 0 atom stereocenters. The summed E-state index contributed by atoms with van der Waals surface area (Å²) in [7, 11) is 2.72. The maximum atomic E-state index is 8.93. The normalized spacial score (nSPS) is 23.1. The molecule has 0 saturated heterocycles. The second-order valence-corrected chi connectivity index (χ2v) is 5.28. The molecule has 0 aromatic carbocycles. The second-order valence-electron chi connectivity index (χ2n) is 5.28. The minimum atomic E-state index is 0. The first-order valence-electron chi connectivity index (χ1n) is 7.30. The van der Waals surface area contributed by atoms with E-state index in [1.807, 2.05) is 0 Å². The third kappa shape index (κ3) is 5.93. The summed E-state index contributed by atoms with van der Waals surface area (Å²) < 4.78 is 0. The van der Waals surface area contributed by atoms with Gasteiger partial charge >= 0.3 is 83.1 Å². The van der Waals surface area contributed by atoms with Crippen molar-refractivity contribution in [2.75, 3.05) is 6.61 Å². The van der Waals surface area contributed by atoms with E-state index in [0.717, 1.165) is 11.6 Å². The molecule has 2 rings (SSSR count). The Kier molecular flexibility index (Phi) is 8.01. The van der Waals surface area contributed by atoms with E-state index >= 15 is 0 Å². The molecule has 2 aliphatic rings. The zero-order valence-electron chi connectivity index (χ0n) is 10.9. The molecule has 0 N–H and O–H groups in total. The van der Waals surface area contributed by atoms with Gasteiger partial charge in [0.25, 0.3) is 0 Å². The van der Waals surface area contributed by atoms with E-state index in [-0.39, 0.29) is 6.61 Å². The van der Waals surface area contributed by atoms with Gasteiger partial charge in [0.05, 0.1) is 0 Å². The van der Waals surface area contributed by atoms with E-state index in [4.69, 9.17) is 5.11 Å². The van der Waals surface area contributed by atoms with Crippen molar-refractivity contribution in [1.29, 1.82) is 0 Å². The van der Waals surface area contributed by atoms with Gasteiger partial charge in [0, 0.05) is 0 Å². The fourth-order valence-electron chi connectivity index (χ4n) is 3.04.